The van der Waals surface area contributed by atoms with E-state index in [1.54, 1.807) is 6.07 Å². The Morgan fingerprint density at radius 3 is 2.27 bits per heavy atom. The summed E-state index contributed by atoms with van der Waals surface area (Å²) in [6.45, 7) is 6.55. The molecule has 156 valence electrons. The van der Waals surface area contributed by atoms with E-state index in [2.05, 4.69) is 33.2 Å². The van der Waals surface area contributed by atoms with Crippen LogP contribution in [0.3, 0.4) is 0 Å². The minimum atomic E-state index is -0.199. The number of anilines is 1. The summed E-state index contributed by atoms with van der Waals surface area (Å²) < 4.78 is 12.5. The van der Waals surface area contributed by atoms with Gasteiger partial charge in [-0.3, -0.25) is 9.78 Å². The van der Waals surface area contributed by atoms with Crippen LogP contribution in [0.5, 0.6) is 11.5 Å². The molecule has 1 N–H and O–H groups in total. The first-order chi connectivity index (χ1) is 14.5. The molecule has 3 aromatic rings. The van der Waals surface area contributed by atoms with Gasteiger partial charge in [-0.1, -0.05) is 22.9 Å². The third kappa shape index (κ3) is 5.90. The summed E-state index contributed by atoms with van der Waals surface area (Å²) in [7, 11) is 0. The van der Waals surface area contributed by atoms with E-state index in [0.29, 0.717) is 29.3 Å². The van der Waals surface area contributed by atoms with Gasteiger partial charge in [0.15, 0.2) is 0 Å². The van der Waals surface area contributed by atoms with Crippen LogP contribution < -0.4 is 10.1 Å². The molecule has 0 aliphatic heterocycles. The van der Waals surface area contributed by atoms with E-state index in [1.165, 1.54) is 0 Å². The molecule has 1 atom stereocenters. The molecule has 1 heterocycles. The zero-order valence-corrected chi connectivity index (χ0v) is 18.9. The molecule has 0 bridgehead atoms. The monoisotopic (exact) mass is 468 g/mol. The number of halogens is 1. The van der Waals surface area contributed by atoms with Crippen LogP contribution in [0, 0.1) is 6.92 Å². The summed E-state index contributed by atoms with van der Waals surface area (Å²) in [6.07, 6.45) is 0.857. The lowest BCUT2D eigenvalue weighted by Crippen LogP contribution is -2.15. The second kappa shape index (κ2) is 10.4. The van der Waals surface area contributed by atoms with Crippen molar-refractivity contribution >= 4 is 27.5 Å². The molecule has 1 aromatic heterocycles. The molecule has 5 nitrogen and oxygen atoms in total. The molecule has 30 heavy (non-hydrogen) atoms. The molecule has 6 heteroatoms. The first-order valence-corrected chi connectivity index (χ1v) is 10.7. The molecule has 0 saturated heterocycles. The Hall–Kier alpha value is -2.70. The Morgan fingerprint density at radius 2 is 1.67 bits per heavy atom. The van der Waals surface area contributed by atoms with Gasteiger partial charge in [0.1, 0.15) is 11.5 Å². The molecule has 0 aliphatic rings. The van der Waals surface area contributed by atoms with Gasteiger partial charge in [0, 0.05) is 16.8 Å². The number of pyridine rings is 1. The number of rotatable bonds is 8. The Balaban J connectivity index is 1.63. The summed E-state index contributed by atoms with van der Waals surface area (Å²) in [5.41, 5.74) is 2.72. The van der Waals surface area contributed by atoms with Gasteiger partial charge in [-0.25, -0.2) is 0 Å². The number of amides is 1. The SMILES string of the molecule is CCCOC(C)c1ccc(C(=O)Nc2ccc(Oc3ccc(Br)cc3)cc2)c(C)n1. The average Bonchev–Trinajstić information content (AvgIpc) is 2.74. The van der Waals surface area contributed by atoms with E-state index < -0.39 is 0 Å². The van der Waals surface area contributed by atoms with Gasteiger partial charge in [0.2, 0.25) is 0 Å². The number of carbonyl (C=O) groups excluding carboxylic acids is 1. The minimum absolute atomic E-state index is 0.0981. The van der Waals surface area contributed by atoms with Gasteiger partial charge in [0.05, 0.1) is 23.1 Å². The highest BCUT2D eigenvalue weighted by molar-refractivity contribution is 9.10. The Labute approximate surface area is 185 Å². The first kappa shape index (κ1) is 22.0. The van der Waals surface area contributed by atoms with Gasteiger partial charge in [-0.15, -0.1) is 0 Å². The molecule has 0 fully saturated rings. The number of benzene rings is 2. The van der Waals surface area contributed by atoms with Crippen molar-refractivity contribution in [2.45, 2.75) is 33.3 Å². The van der Waals surface area contributed by atoms with E-state index in [-0.39, 0.29) is 12.0 Å². The molecule has 0 spiro atoms. The molecule has 1 unspecified atom stereocenters. The summed E-state index contributed by atoms with van der Waals surface area (Å²) >= 11 is 3.40. The number of carbonyl (C=O) groups is 1. The summed E-state index contributed by atoms with van der Waals surface area (Å²) in [4.78, 5) is 17.2. The fourth-order valence-corrected chi connectivity index (χ4v) is 3.13. The maximum absolute atomic E-state index is 12.7. The smallest absolute Gasteiger partial charge is 0.257 e. The largest absolute Gasteiger partial charge is 0.457 e. The lowest BCUT2D eigenvalue weighted by Gasteiger charge is -2.14. The molecule has 1 amide bonds. The average molecular weight is 469 g/mol. The number of hydrogen-bond acceptors (Lipinski definition) is 4. The third-order valence-electron chi connectivity index (χ3n) is 4.50. The number of nitrogens with zero attached hydrogens (tertiary/aromatic N) is 1. The lowest BCUT2D eigenvalue weighted by atomic mass is 10.1. The van der Waals surface area contributed by atoms with E-state index >= 15 is 0 Å². The van der Waals surface area contributed by atoms with Crippen molar-refractivity contribution in [2.75, 3.05) is 11.9 Å². The highest BCUT2D eigenvalue weighted by Crippen LogP contribution is 2.25. The van der Waals surface area contributed by atoms with Crippen LogP contribution in [-0.4, -0.2) is 17.5 Å². The molecule has 0 aliphatic carbocycles. The zero-order valence-electron chi connectivity index (χ0n) is 17.3. The van der Waals surface area contributed by atoms with Crippen LogP contribution in [0.25, 0.3) is 0 Å². The predicted molar refractivity (Wildman–Crippen MR) is 122 cm³/mol. The summed E-state index contributed by atoms with van der Waals surface area (Å²) in [6, 6.07) is 18.5. The quantitative estimate of drug-likeness (QED) is 0.400. The van der Waals surface area contributed by atoms with E-state index in [0.717, 1.165) is 22.3 Å². The molecule has 3 rings (SSSR count). The van der Waals surface area contributed by atoms with Crippen LogP contribution in [-0.2, 0) is 4.74 Å². The van der Waals surface area contributed by atoms with E-state index in [1.807, 2.05) is 68.4 Å². The highest BCUT2D eigenvalue weighted by atomic mass is 79.9. The molecule has 2 aromatic carbocycles. The van der Waals surface area contributed by atoms with Crippen LogP contribution in [0.4, 0.5) is 5.69 Å². The highest BCUT2D eigenvalue weighted by Gasteiger charge is 2.14. The van der Waals surface area contributed by atoms with Crippen molar-refractivity contribution in [1.29, 1.82) is 0 Å². The van der Waals surface area contributed by atoms with Crippen molar-refractivity contribution < 1.29 is 14.3 Å². The van der Waals surface area contributed by atoms with Crippen LogP contribution in [0.2, 0.25) is 0 Å². The zero-order chi connectivity index (χ0) is 21.5. The maximum Gasteiger partial charge on any atom is 0.257 e. The van der Waals surface area contributed by atoms with Gasteiger partial charge < -0.3 is 14.8 Å². The molecular weight excluding hydrogens is 444 g/mol. The third-order valence-corrected chi connectivity index (χ3v) is 5.03. The first-order valence-electron chi connectivity index (χ1n) is 9.90. The number of hydrogen-bond donors (Lipinski definition) is 1. The second-order valence-corrected chi connectivity index (χ2v) is 7.83. The van der Waals surface area contributed by atoms with Crippen molar-refractivity contribution in [1.82, 2.24) is 4.98 Å². The topological polar surface area (TPSA) is 60.5 Å². The van der Waals surface area contributed by atoms with Crippen molar-refractivity contribution in [3.8, 4) is 11.5 Å². The standard InChI is InChI=1S/C24H25BrN2O3/c1-4-15-29-17(3)23-14-13-22(16(2)26-23)24(28)27-19-7-11-21(12-8-19)30-20-9-5-18(25)6-10-20/h5-14,17H,4,15H2,1-3H3,(H,27,28). The Kier molecular flexibility index (Phi) is 7.60. The number of ether oxygens (including phenoxy) is 2. The van der Waals surface area contributed by atoms with Crippen LogP contribution >= 0.6 is 15.9 Å². The van der Waals surface area contributed by atoms with Gasteiger partial charge in [-0.05, 0) is 80.9 Å². The van der Waals surface area contributed by atoms with E-state index in [4.69, 9.17) is 9.47 Å². The van der Waals surface area contributed by atoms with Crippen molar-refractivity contribution in [2.24, 2.45) is 0 Å². The molecule has 0 saturated carbocycles. The molecule has 0 radical (unpaired) electrons. The van der Waals surface area contributed by atoms with Gasteiger partial charge in [0.25, 0.3) is 5.91 Å². The summed E-state index contributed by atoms with van der Waals surface area (Å²) in [5.74, 6) is 1.24. The fraction of sp³-hybridized carbons (Fsp3) is 0.250. The Morgan fingerprint density at radius 1 is 1.03 bits per heavy atom. The molecular formula is C24H25BrN2O3. The fourth-order valence-electron chi connectivity index (χ4n) is 2.87. The Bertz CT molecular complexity index is 988. The van der Waals surface area contributed by atoms with Gasteiger partial charge >= 0.3 is 0 Å². The van der Waals surface area contributed by atoms with Crippen molar-refractivity contribution in [3.63, 3.8) is 0 Å². The number of nitrogens with one attached hydrogen (secondary N) is 1. The lowest BCUT2D eigenvalue weighted by molar-refractivity contribution is 0.0632. The number of aryl methyl sites for hydroxylation is 1. The van der Waals surface area contributed by atoms with E-state index in [9.17, 15) is 4.79 Å². The maximum atomic E-state index is 12.7. The second-order valence-electron chi connectivity index (χ2n) is 6.92. The summed E-state index contributed by atoms with van der Waals surface area (Å²) in [5, 5.41) is 2.91. The normalized spacial score (nSPS) is 11.7. The van der Waals surface area contributed by atoms with Crippen LogP contribution in [0.1, 0.15) is 48.1 Å². The minimum Gasteiger partial charge on any atom is -0.457 e. The van der Waals surface area contributed by atoms with Crippen LogP contribution in [0.15, 0.2) is 65.1 Å². The van der Waals surface area contributed by atoms with Gasteiger partial charge in [-0.2, -0.15) is 0 Å². The van der Waals surface area contributed by atoms with Crippen molar-refractivity contribution in [3.05, 3.63) is 82.1 Å². The number of aromatic nitrogens is 1. The predicted octanol–water partition coefficient (Wildman–Crippen LogP) is 6.68.